The number of amides is 3. The maximum absolute atomic E-state index is 12.3. The maximum Gasteiger partial charge on any atom is 0.326 e. The summed E-state index contributed by atoms with van der Waals surface area (Å²) in [5.41, 5.74) is 5.20. The van der Waals surface area contributed by atoms with Crippen LogP contribution in [0.2, 0.25) is 0 Å². The third-order valence-electron chi connectivity index (χ3n) is 4.42. The van der Waals surface area contributed by atoms with Crippen molar-refractivity contribution < 1.29 is 23.9 Å². The van der Waals surface area contributed by atoms with Crippen molar-refractivity contribution in [2.24, 2.45) is 0 Å². The van der Waals surface area contributed by atoms with Gasteiger partial charge >= 0.3 is 5.97 Å². The SMILES string of the molecule is C[C@@H](OC(=O)CNC(=O)c1ccc2ccccc2c1)C(=O)NNC(=O)c1ccccc1. The van der Waals surface area contributed by atoms with Crippen LogP contribution in [0.3, 0.4) is 0 Å². The van der Waals surface area contributed by atoms with Crippen LogP contribution < -0.4 is 16.2 Å². The van der Waals surface area contributed by atoms with Crippen LogP contribution in [0.5, 0.6) is 0 Å². The molecule has 0 bridgehead atoms. The average Bonchev–Trinajstić information content (AvgIpc) is 2.80. The summed E-state index contributed by atoms with van der Waals surface area (Å²) in [6, 6.07) is 21.1. The highest BCUT2D eigenvalue weighted by atomic mass is 16.5. The fourth-order valence-electron chi connectivity index (χ4n) is 2.76. The normalized spacial score (nSPS) is 11.3. The minimum Gasteiger partial charge on any atom is -0.451 e. The lowest BCUT2D eigenvalue weighted by Gasteiger charge is -2.14. The van der Waals surface area contributed by atoms with Crippen LogP contribution >= 0.6 is 0 Å². The summed E-state index contributed by atoms with van der Waals surface area (Å²) in [7, 11) is 0. The van der Waals surface area contributed by atoms with Crippen LogP contribution in [0.15, 0.2) is 72.8 Å². The Labute approximate surface area is 178 Å². The van der Waals surface area contributed by atoms with E-state index in [1.165, 1.54) is 6.92 Å². The van der Waals surface area contributed by atoms with Gasteiger partial charge in [0.2, 0.25) is 0 Å². The predicted octanol–water partition coefficient (Wildman–Crippen LogP) is 1.96. The summed E-state index contributed by atoms with van der Waals surface area (Å²) < 4.78 is 4.99. The van der Waals surface area contributed by atoms with Crippen LogP contribution in [-0.4, -0.2) is 36.3 Å². The molecule has 1 atom stereocenters. The largest absolute Gasteiger partial charge is 0.451 e. The van der Waals surface area contributed by atoms with Crippen molar-refractivity contribution >= 4 is 34.5 Å². The van der Waals surface area contributed by atoms with Gasteiger partial charge in [0.25, 0.3) is 17.7 Å². The van der Waals surface area contributed by atoms with Crippen LogP contribution in [0.4, 0.5) is 0 Å². The maximum atomic E-state index is 12.3. The number of carbonyl (C=O) groups excluding carboxylic acids is 4. The second kappa shape index (κ2) is 10.0. The van der Waals surface area contributed by atoms with Gasteiger partial charge in [-0.3, -0.25) is 30.0 Å². The van der Waals surface area contributed by atoms with Crippen LogP contribution in [0, 0.1) is 0 Å². The Kier molecular flexibility index (Phi) is 6.95. The van der Waals surface area contributed by atoms with E-state index in [2.05, 4.69) is 16.2 Å². The molecule has 0 saturated carbocycles. The molecule has 0 unspecified atom stereocenters. The van der Waals surface area contributed by atoms with Crippen molar-refractivity contribution in [1.29, 1.82) is 0 Å². The van der Waals surface area contributed by atoms with Gasteiger partial charge in [0.1, 0.15) is 6.54 Å². The molecule has 0 radical (unpaired) electrons. The highest BCUT2D eigenvalue weighted by molar-refractivity contribution is 6.00. The van der Waals surface area contributed by atoms with Gasteiger partial charge in [-0.15, -0.1) is 0 Å². The van der Waals surface area contributed by atoms with Gasteiger partial charge in [-0.1, -0.05) is 48.5 Å². The number of nitrogens with one attached hydrogen (secondary N) is 3. The lowest BCUT2D eigenvalue weighted by molar-refractivity contribution is -0.154. The molecular weight excluding hydrogens is 398 g/mol. The molecule has 3 aromatic carbocycles. The zero-order valence-electron chi connectivity index (χ0n) is 16.8. The standard InChI is InChI=1S/C23H21N3O5/c1-15(21(28)25-26-23(30)17-8-3-2-4-9-17)31-20(27)14-24-22(29)19-12-11-16-7-5-6-10-18(16)13-19/h2-13,15H,14H2,1H3,(H,24,29)(H,25,28)(H,26,30)/t15-/m1/s1. The number of benzene rings is 3. The molecule has 8 nitrogen and oxygen atoms in total. The van der Waals surface area contributed by atoms with Crippen LogP contribution in [0.25, 0.3) is 10.8 Å². The molecule has 31 heavy (non-hydrogen) atoms. The van der Waals surface area contributed by atoms with Crippen molar-refractivity contribution in [2.75, 3.05) is 6.54 Å². The Morgan fingerprint density at radius 2 is 1.45 bits per heavy atom. The monoisotopic (exact) mass is 419 g/mol. The third kappa shape index (κ3) is 5.89. The molecular formula is C23H21N3O5. The highest BCUT2D eigenvalue weighted by Crippen LogP contribution is 2.15. The van der Waals surface area contributed by atoms with Gasteiger partial charge < -0.3 is 10.1 Å². The summed E-state index contributed by atoms with van der Waals surface area (Å²) in [4.78, 5) is 48.2. The molecule has 8 heteroatoms. The van der Waals surface area contributed by atoms with E-state index in [4.69, 9.17) is 4.74 Å². The Bertz CT molecular complexity index is 1110. The second-order valence-electron chi connectivity index (χ2n) is 6.69. The van der Waals surface area contributed by atoms with E-state index in [0.29, 0.717) is 11.1 Å². The van der Waals surface area contributed by atoms with Crippen molar-refractivity contribution in [3.05, 3.63) is 83.9 Å². The molecule has 0 saturated heterocycles. The summed E-state index contributed by atoms with van der Waals surface area (Å²) in [5.74, 6) is -2.44. The lowest BCUT2D eigenvalue weighted by atomic mass is 10.1. The first-order chi connectivity index (χ1) is 14.9. The summed E-state index contributed by atoms with van der Waals surface area (Å²) in [5, 5.41) is 4.37. The Hall–Kier alpha value is -4.20. The topological polar surface area (TPSA) is 114 Å². The minimum atomic E-state index is -1.17. The number of esters is 1. The predicted molar refractivity (Wildman–Crippen MR) is 114 cm³/mol. The summed E-state index contributed by atoms with van der Waals surface area (Å²) in [6.07, 6.45) is -1.17. The molecule has 3 N–H and O–H groups in total. The van der Waals surface area contributed by atoms with E-state index < -0.39 is 36.3 Å². The van der Waals surface area contributed by atoms with Gasteiger partial charge in [-0.25, -0.2) is 0 Å². The van der Waals surface area contributed by atoms with Crippen molar-refractivity contribution in [1.82, 2.24) is 16.2 Å². The van der Waals surface area contributed by atoms with Gasteiger partial charge in [-0.05, 0) is 42.0 Å². The molecule has 3 amide bonds. The Balaban J connectivity index is 1.44. The van der Waals surface area contributed by atoms with E-state index in [1.807, 2.05) is 30.3 Å². The summed E-state index contributed by atoms with van der Waals surface area (Å²) >= 11 is 0. The number of carbonyl (C=O) groups is 4. The van der Waals surface area contributed by atoms with E-state index in [0.717, 1.165) is 10.8 Å². The number of fused-ring (bicyclic) bond motifs is 1. The smallest absolute Gasteiger partial charge is 0.326 e. The van der Waals surface area contributed by atoms with E-state index in [1.54, 1.807) is 42.5 Å². The first-order valence-electron chi connectivity index (χ1n) is 9.56. The molecule has 0 spiro atoms. The van der Waals surface area contributed by atoms with Crippen LogP contribution in [0.1, 0.15) is 27.6 Å². The number of hydrogen-bond donors (Lipinski definition) is 3. The molecule has 0 heterocycles. The molecule has 3 aromatic rings. The molecule has 0 aliphatic carbocycles. The van der Waals surface area contributed by atoms with Gasteiger partial charge in [0.05, 0.1) is 0 Å². The summed E-state index contributed by atoms with van der Waals surface area (Å²) in [6.45, 7) is 0.951. The van der Waals surface area contributed by atoms with E-state index in [-0.39, 0.29) is 0 Å². The molecule has 0 aliphatic rings. The fourth-order valence-corrected chi connectivity index (χ4v) is 2.76. The number of ether oxygens (including phenoxy) is 1. The number of hydrogen-bond acceptors (Lipinski definition) is 5. The van der Waals surface area contributed by atoms with E-state index >= 15 is 0 Å². The van der Waals surface area contributed by atoms with Gasteiger partial charge in [0, 0.05) is 11.1 Å². The molecule has 0 fully saturated rings. The van der Waals surface area contributed by atoms with Gasteiger partial charge in [0.15, 0.2) is 6.10 Å². The third-order valence-corrected chi connectivity index (χ3v) is 4.42. The zero-order chi connectivity index (χ0) is 22.2. The Morgan fingerprint density at radius 1 is 0.774 bits per heavy atom. The van der Waals surface area contributed by atoms with Crippen molar-refractivity contribution in [3.63, 3.8) is 0 Å². The first-order valence-corrected chi connectivity index (χ1v) is 9.56. The minimum absolute atomic E-state index is 0.365. The quantitative estimate of drug-likeness (QED) is 0.418. The molecule has 0 aromatic heterocycles. The first kappa shape index (κ1) is 21.5. The molecule has 3 rings (SSSR count). The zero-order valence-corrected chi connectivity index (χ0v) is 16.8. The highest BCUT2D eigenvalue weighted by Gasteiger charge is 2.19. The average molecular weight is 419 g/mol. The molecule has 158 valence electrons. The number of hydrazine groups is 1. The lowest BCUT2D eigenvalue weighted by Crippen LogP contribution is -2.47. The number of rotatable bonds is 6. The van der Waals surface area contributed by atoms with Crippen LogP contribution in [-0.2, 0) is 14.3 Å². The second-order valence-corrected chi connectivity index (χ2v) is 6.69. The Morgan fingerprint density at radius 3 is 2.19 bits per heavy atom. The van der Waals surface area contributed by atoms with Crippen molar-refractivity contribution in [2.45, 2.75) is 13.0 Å². The fraction of sp³-hybridized carbons (Fsp3) is 0.130. The van der Waals surface area contributed by atoms with Gasteiger partial charge in [-0.2, -0.15) is 0 Å². The van der Waals surface area contributed by atoms with E-state index in [9.17, 15) is 19.2 Å². The van der Waals surface area contributed by atoms with Crippen molar-refractivity contribution in [3.8, 4) is 0 Å². The molecule has 0 aliphatic heterocycles.